The molecule has 0 heterocycles. The molecule has 0 amide bonds. The van der Waals surface area contributed by atoms with Gasteiger partial charge in [-0.15, -0.1) is 0 Å². The Morgan fingerprint density at radius 2 is 1.70 bits per heavy atom. The zero-order valence-electron chi connectivity index (χ0n) is 10.7. The van der Waals surface area contributed by atoms with Crippen LogP contribution in [0.25, 0.3) is 0 Å². The molecule has 0 bridgehead atoms. The number of nitrogen functional groups attached to an aromatic ring is 1. The third-order valence-electron chi connectivity index (χ3n) is 3.70. The highest BCUT2D eigenvalue weighted by atomic mass is 19.2. The molecule has 0 fully saturated rings. The van der Waals surface area contributed by atoms with Crippen molar-refractivity contribution in [2.75, 3.05) is 5.73 Å². The summed E-state index contributed by atoms with van der Waals surface area (Å²) >= 11 is 0. The summed E-state index contributed by atoms with van der Waals surface area (Å²) in [5.41, 5.74) is 8.43. The van der Waals surface area contributed by atoms with Gasteiger partial charge in [0.25, 0.3) is 0 Å². The second-order valence-corrected chi connectivity index (χ2v) is 5.02. The molecular weight excluding hydrogens is 260 g/mol. The van der Waals surface area contributed by atoms with Crippen LogP contribution < -0.4 is 5.73 Å². The number of hydrogen-bond acceptors (Lipinski definition) is 2. The van der Waals surface area contributed by atoms with Gasteiger partial charge >= 0.3 is 0 Å². The summed E-state index contributed by atoms with van der Waals surface area (Å²) in [4.78, 5) is 12.4. The van der Waals surface area contributed by atoms with Crippen molar-refractivity contribution in [1.29, 1.82) is 0 Å². The molecule has 2 aromatic carbocycles. The first-order valence-electron chi connectivity index (χ1n) is 6.47. The molecule has 3 rings (SSSR count). The van der Waals surface area contributed by atoms with Crippen molar-refractivity contribution in [1.82, 2.24) is 0 Å². The summed E-state index contributed by atoms with van der Waals surface area (Å²) in [5.74, 6) is -2.49. The lowest BCUT2D eigenvalue weighted by Crippen LogP contribution is -2.07. The largest absolute Gasteiger partial charge is 0.398 e. The van der Waals surface area contributed by atoms with Gasteiger partial charge in [0.2, 0.25) is 0 Å². The number of rotatable bonds is 2. The summed E-state index contributed by atoms with van der Waals surface area (Å²) < 4.78 is 26.3. The Hall–Kier alpha value is -2.23. The standard InChI is InChI=1S/C16H13F2NO/c17-13-7-12(15(19)8-14(13)18)16(20)11-5-4-9-2-1-3-10(9)6-11/h4-8H,1-3,19H2. The molecule has 2 aromatic rings. The third-order valence-corrected chi connectivity index (χ3v) is 3.70. The molecule has 102 valence electrons. The van der Waals surface area contributed by atoms with E-state index in [0.29, 0.717) is 5.56 Å². The minimum atomic E-state index is -1.07. The van der Waals surface area contributed by atoms with Crippen LogP contribution in [0.3, 0.4) is 0 Å². The van der Waals surface area contributed by atoms with Crippen molar-refractivity contribution < 1.29 is 13.6 Å². The number of nitrogens with two attached hydrogens (primary N) is 1. The van der Waals surface area contributed by atoms with E-state index < -0.39 is 11.6 Å². The minimum absolute atomic E-state index is 0.00171. The number of halogens is 2. The van der Waals surface area contributed by atoms with E-state index in [1.165, 1.54) is 5.56 Å². The van der Waals surface area contributed by atoms with Gasteiger partial charge in [-0.05, 0) is 42.5 Å². The molecular formula is C16H13F2NO. The molecule has 0 aromatic heterocycles. The van der Waals surface area contributed by atoms with E-state index in [1.807, 2.05) is 12.1 Å². The van der Waals surface area contributed by atoms with Crippen molar-refractivity contribution in [2.24, 2.45) is 0 Å². The number of carbonyl (C=O) groups excluding carboxylic acids is 1. The lowest BCUT2D eigenvalue weighted by atomic mass is 9.98. The molecule has 4 heteroatoms. The highest BCUT2D eigenvalue weighted by Crippen LogP contribution is 2.26. The zero-order chi connectivity index (χ0) is 14.3. The SMILES string of the molecule is Nc1cc(F)c(F)cc1C(=O)c1ccc2c(c1)CCC2. The molecule has 2 nitrogen and oxygen atoms in total. The van der Waals surface area contributed by atoms with Crippen LogP contribution >= 0.6 is 0 Å². The van der Waals surface area contributed by atoms with Gasteiger partial charge < -0.3 is 5.73 Å². The lowest BCUT2D eigenvalue weighted by Gasteiger charge is -2.07. The molecule has 0 atom stereocenters. The van der Waals surface area contributed by atoms with Gasteiger partial charge in [-0.3, -0.25) is 4.79 Å². The van der Waals surface area contributed by atoms with E-state index in [2.05, 4.69) is 0 Å². The Kier molecular flexibility index (Phi) is 3.01. The van der Waals surface area contributed by atoms with Crippen LogP contribution in [0.2, 0.25) is 0 Å². The third kappa shape index (κ3) is 2.07. The summed E-state index contributed by atoms with van der Waals surface area (Å²) in [6.07, 6.45) is 3.06. The second kappa shape index (κ2) is 4.71. The number of benzene rings is 2. The Morgan fingerprint density at radius 3 is 2.50 bits per heavy atom. The van der Waals surface area contributed by atoms with Gasteiger partial charge in [0, 0.05) is 22.9 Å². The van der Waals surface area contributed by atoms with Crippen LogP contribution in [0, 0.1) is 11.6 Å². The highest BCUT2D eigenvalue weighted by Gasteiger charge is 2.18. The summed E-state index contributed by atoms with van der Waals surface area (Å²) in [7, 11) is 0. The number of anilines is 1. The first-order valence-corrected chi connectivity index (χ1v) is 6.47. The number of aryl methyl sites for hydroxylation is 2. The highest BCUT2D eigenvalue weighted by molar-refractivity contribution is 6.12. The van der Waals surface area contributed by atoms with Crippen LogP contribution in [0.1, 0.15) is 33.5 Å². The van der Waals surface area contributed by atoms with Gasteiger partial charge in [0.1, 0.15) is 0 Å². The first-order chi connectivity index (χ1) is 9.56. The Balaban J connectivity index is 2.03. The average Bonchev–Trinajstić information content (AvgIpc) is 2.89. The van der Waals surface area contributed by atoms with E-state index in [0.717, 1.165) is 37.0 Å². The fraction of sp³-hybridized carbons (Fsp3) is 0.188. The molecule has 0 saturated carbocycles. The summed E-state index contributed by atoms with van der Waals surface area (Å²) in [5, 5.41) is 0. The summed E-state index contributed by atoms with van der Waals surface area (Å²) in [6, 6.07) is 7.17. The Labute approximate surface area is 115 Å². The topological polar surface area (TPSA) is 43.1 Å². The molecule has 0 spiro atoms. The van der Waals surface area contributed by atoms with E-state index in [4.69, 9.17) is 5.73 Å². The molecule has 0 saturated heterocycles. The Bertz CT molecular complexity index is 710. The van der Waals surface area contributed by atoms with Crippen molar-refractivity contribution in [3.63, 3.8) is 0 Å². The molecule has 1 aliphatic carbocycles. The second-order valence-electron chi connectivity index (χ2n) is 5.02. The normalized spacial score (nSPS) is 13.3. The van der Waals surface area contributed by atoms with Gasteiger partial charge in [-0.2, -0.15) is 0 Å². The number of hydrogen-bond donors (Lipinski definition) is 1. The van der Waals surface area contributed by atoms with Crippen molar-refractivity contribution in [3.05, 3.63) is 64.2 Å². The monoisotopic (exact) mass is 273 g/mol. The molecule has 20 heavy (non-hydrogen) atoms. The van der Waals surface area contributed by atoms with E-state index in [1.54, 1.807) is 6.07 Å². The zero-order valence-corrected chi connectivity index (χ0v) is 10.7. The maximum Gasteiger partial charge on any atom is 0.195 e. The van der Waals surface area contributed by atoms with Crippen LogP contribution in [-0.4, -0.2) is 5.78 Å². The predicted molar refractivity (Wildman–Crippen MR) is 72.7 cm³/mol. The smallest absolute Gasteiger partial charge is 0.195 e. The molecule has 0 aliphatic heterocycles. The molecule has 0 unspecified atom stereocenters. The van der Waals surface area contributed by atoms with E-state index in [9.17, 15) is 13.6 Å². The molecule has 2 N–H and O–H groups in total. The summed E-state index contributed by atoms with van der Waals surface area (Å²) in [6.45, 7) is 0. The van der Waals surface area contributed by atoms with E-state index in [-0.39, 0.29) is 17.0 Å². The maximum atomic E-state index is 13.3. The predicted octanol–water partition coefficient (Wildman–Crippen LogP) is 3.27. The van der Waals surface area contributed by atoms with Crippen LogP contribution in [0.5, 0.6) is 0 Å². The molecule has 0 radical (unpaired) electrons. The van der Waals surface area contributed by atoms with Gasteiger partial charge in [-0.25, -0.2) is 8.78 Å². The minimum Gasteiger partial charge on any atom is -0.398 e. The number of ketones is 1. The quantitative estimate of drug-likeness (QED) is 0.674. The van der Waals surface area contributed by atoms with E-state index >= 15 is 0 Å². The van der Waals surface area contributed by atoms with Crippen LogP contribution in [0.15, 0.2) is 30.3 Å². The first kappa shape index (κ1) is 12.8. The lowest BCUT2D eigenvalue weighted by molar-refractivity contribution is 0.103. The fourth-order valence-electron chi connectivity index (χ4n) is 2.63. The van der Waals surface area contributed by atoms with Crippen molar-refractivity contribution in [3.8, 4) is 0 Å². The fourth-order valence-corrected chi connectivity index (χ4v) is 2.63. The average molecular weight is 273 g/mol. The van der Waals surface area contributed by atoms with Crippen LogP contribution in [-0.2, 0) is 12.8 Å². The van der Waals surface area contributed by atoms with Gasteiger partial charge in [-0.1, -0.05) is 12.1 Å². The van der Waals surface area contributed by atoms with Crippen molar-refractivity contribution >= 4 is 11.5 Å². The molecule has 1 aliphatic rings. The van der Waals surface area contributed by atoms with Crippen molar-refractivity contribution in [2.45, 2.75) is 19.3 Å². The number of fused-ring (bicyclic) bond motifs is 1. The Morgan fingerprint density at radius 1 is 1.00 bits per heavy atom. The number of carbonyl (C=O) groups is 1. The van der Waals surface area contributed by atoms with Crippen LogP contribution in [0.4, 0.5) is 14.5 Å². The van der Waals surface area contributed by atoms with Gasteiger partial charge in [0.15, 0.2) is 17.4 Å². The van der Waals surface area contributed by atoms with Gasteiger partial charge in [0.05, 0.1) is 0 Å². The maximum absolute atomic E-state index is 13.3.